The monoisotopic (exact) mass is 762 g/mol. The molecule has 2 aliphatic carbocycles. The van der Waals surface area contributed by atoms with Gasteiger partial charge in [0.05, 0.1) is 25.4 Å². The minimum Gasteiger partial charge on any atom is -0.330 e. The molecule has 0 N–H and O–H groups in total. The van der Waals surface area contributed by atoms with Crippen LogP contribution in [0.1, 0.15) is 70.6 Å². The van der Waals surface area contributed by atoms with Crippen LogP contribution in [0, 0.1) is 23.7 Å². The fraction of sp³-hybridized carbons (Fsp3) is 0.576. The lowest BCUT2D eigenvalue weighted by atomic mass is 9.82. The van der Waals surface area contributed by atoms with Crippen molar-refractivity contribution in [3.05, 3.63) is 24.3 Å². The maximum absolute atomic E-state index is 12.3. The Labute approximate surface area is 303 Å². The van der Waals surface area contributed by atoms with Gasteiger partial charge in [0.1, 0.15) is 0 Å². The highest BCUT2D eigenvalue weighted by Crippen LogP contribution is 2.33. The first-order valence-electron chi connectivity index (χ1n) is 17.1. The smallest absolute Gasteiger partial charge is 0.330 e. The molecule has 286 valence electrons. The maximum atomic E-state index is 12.3. The fourth-order valence-electron chi connectivity index (χ4n) is 6.91. The van der Waals surface area contributed by atoms with Gasteiger partial charge in [-0.2, -0.15) is 8.42 Å². The van der Waals surface area contributed by atoms with E-state index in [-0.39, 0.29) is 65.8 Å². The van der Waals surface area contributed by atoms with Gasteiger partial charge in [0.2, 0.25) is 0 Å². The number of hydroxylamine groups is 4. The molecule has 2 saturated carbocycles. The Bertz CT molecular complexity index is 1720. The van der Waals surface area contributed by atoms with E-state index in [1.807, 2.05) is 0 Å². The molecule has 8 amide bonds. The number of imide groups is 4. The van der Waals surface area contributed by atoms with Gasteiger partial charge in [0.15, 0.2) is 5.25 Å². The van der Waals surface area contributed by atoms with Crippen molar-refractivity contribution in [1.82, 2.24) is 19.9 Å². The first-order valence-corrected chi connectivity index (χ1v) is 18.6. The number of carbonyl (C=O) groups is 10. The second-order valence-electron chi connectivity index (χ2n) is 13.5. The van der Waals surface area contributed by atoms with Crippen LogP contribution in [-0.2, 0) is 71.9 Å². The van der Waals surface area contributed by atoms with E-state index in [2.05, 4.69) is 4.18 Å². The number of rotatable bonds is 10. The Balaban J connectivity index is 0.000000208. The Morgan fingerprint density at radius 1 is 0.604 bits per heavy atom. The Morgan fingerprint density at radius 2 is 0.981 bits per heavy atom. The van der Waals surface area contributed by atoms with Gasteiger partial charge >= 0.3 is 11.9 Å². The van der Waals surface area contributed by atoms with Crippen molar-refractivity contribution in [3.8, 4) is 0 Å². The number of carbonyl (C=O) groups excluding carboxylic acids is 10. The summed E-state index contributed by atoms with van der Waals surface area (Å²) in [6.45, 7) is 0.627. The predicted octanol–water partition coefficient (Wildman–Crippen LogP) is -0.395. The molecule has 4 fully saturated rings. The van der Waals surface area contributed by atoms with E-state index in [0.29, 0.717) is 63.0 Å². The molecule has 1 atom stereocenters. The number of nitrogens with zero attached hydrogens (tertiary/aromatic N) is 4. The lowest BCUT2D eigenvalue weighted by Crippen LogP contribution is -2.40. The number of hydrogen-bond acceptors (Lipinski definition) is 15. The lowest BCUT2D eigenvalue weighted by Gasteiger charge is -2.29. The molecule has 6 aliphatic rings. The molecule has 20 heteroatoms. The largest absolute Gasteiger partial charge is 0.336 e. The molecule has 0 radical (unpaired) electrons. The molecule has 0 aromatic rings. The second kappa shape index (κ2) is 16.3. The van der Waals surface area contributed by atoms with Crippen LogP contribution in [0.2, 0.25) is 0 Å². The minimum absolute atomic E-state index is 0.0399. The quantitative estimate of drug-likeness (QED) is 0.203. The molecule has 0 aromatic carbocycles. The molecule has 4 aliphatic heterocycles. The van der Waals surface area contributed by atoms with Crippen molar-refractivity contribution in [3.63, 3.8) is 0 Å². The normalized spacial score (nSPS) is 27.6. The summed E-state index contributed by atoms with van der Waals surface area (Å²) in [5.41, 5.74) is 0. The van der Waals surface area contributed by atoms with E-state index in [1.54, 1.807) is 0 Å². The molecule has 0 spiro atoms. The van der Waals surface area contributed by atoms with Crippen LogP contribution in [0.5, 0.6) is 0 Å². The summed E-state index contributed by atoms with van der Waals surface area (Å²) in [4.78, 5) is 130. The highest BCUT2D eigenvalue weighted by molar-refractivity contribution is 7.88. The first kappa shape index (κ1) is 39.1. The Morgan fingerprint density at radius 3 is 1.36 bits per heavy atom. The molecule has 0 bridgehead atoms. The first-order chi connectivity index (χ1) is 25.1. The average molecular weight is 763 g/mol. The molecule has 1 unspecified atom stereocenters. The molecular weight excluding hydrogens is 724 g/mol. The van der Waals surface area contributed by atoms with Crippen molar-refractivity contribution in [2.45, 2.75) is 75.9 Å². The summed E-state index contributed by atoms with van der Waals surface area (Å²) in [5, 5.41) is -0.961. The summed E-state index contributed by atoms with van der Waals surface area (Å²) in [6, 6.07) is 0. The van der Waals surface area contributed by atoms with Crippen LogP contribution in [-0.4, -0.2) is 113 Å². The third-order valence-electron chi connectivity index (χ3n) is 10.1. The van der Waals surface area contributed by atoms with E-state index < -0.39 is 63.3 Å². The zero-order valence-corrected chi connectivity index (χ0v) is 29.5. The van der Waals surface area contributed by atoms with Gasteiger partial charge in [-0.05, 0) is 63.2 Å². The van der Waals surface area contributed by atoms with Crippen LogP contribution >= 0.6 is 0 Å². The summed E-state index contributed by atoms with van der Waals surface area (Å²) in [6.07, 6.45) is 8.79. The van der Waals surface area contributed by atoms with E-state index in [1.165, 1.54) is 29.2 Å². The van der Waals surface area contributed by atoms with E-state index in [0.717, 1.165) is 12.0 Å². The maximum Gasteiger partial charge on any atom is 0.336 e. The fourth-order valence-corrected chi connectivity index (χ4v) is 7.83. The Kier molecular flexibility index (Phi) is 12.0. The predicted molar refractivity (Wildman–Crippen MR) is 172 cm³/mol. The topological polar surface area (TPSA) is 245 Å². The van der Waals surface area contributed by atoms with Gasteiger partial charge in [0, 0.05) is 50.2 Å². The summed E-state index contributed by atoms with van der Waals surface area (Å²) < 4.78 is 27.7. The van der Waals surface area contributed by atoms with Crippen molar-refractivity contribution < 1.29 is 70.2 Å². The second-order valence-corrected chi connectivity index (χ2v) is 15.3. The molecule has 0 aromatic heterocycles. The van der Waals surface area contributed by atoms with Gasteiger partial charge in [-0.3, -0.25) is 52.3 Å². The SMILES string of the molecule is COS(=O)(=O)C1CC(=O)N(OC(=O)C2CCC(CN3C(=O)C=CC3=O)CC2)C1=O.O=C(ON1C(=O)CCC1=O)C1CCC(CN2C(=O)C=CC2=O)CC1. The summed E-state index contributed by atoms with van der Waals surface area (Å²) in [7, 11) is -3.40. The van der Waals surface area contributed by atoms with Crippen LogP contribution in [0.4, 0.5) is 0 Å². The zero-order chi connectivity index (χ0) is 38.6. The standard InChI is InChI=1S/C17H20N2O9S.C16H18N2O6/c1-27-29(25,26)12-8-15(22)19(16(12)23)28-17(24)11-4-2-10(3-5-11)9-18-13(20)6-7-14(18)21;19-12-5-6-13(20)17(12)9-10-1-3-11(4-2-10)16(23)24-18-14(21)7-8-15(18)22/h6-7,10-12H,2-5,8-9H2,1H3;5-6,10-11H,1-4,7-9H2. The van der Waals surface area contributed by atoms with Crippen LogP contribution in [0.25, 0.3) is 0 Å². The summed E-state index contributed by atoms with van der Waals surface area (Å²) in [5.74, 6) is -6.48. The van der Waals surface area contributed by atoms with Gasteiger partial charge in [0.25, 0.3) is 57.4 Å². The Hall–Kier alpha value is -5.11. The molecule has 2 saturated heterocycles. The van der Waals surface area contributed by atoms with Crippen molar-refractivity contribution in [2.75, 3.05) is 20.2 Å². The average Bonchev–Trinajstić information content (AvgIpc) is 3.84. The molecule has 4 heterocycles. The van der Waals surface area contributed by atoms with Gasteiger partial charge < -0.3 is 9.68 Å². The highest BCUT2D eigenvalue weighted by Gasteiger charge is 2.50. The molecule has 6 rings (SSSR count). The molecule has 19 nitrogen and oxygen atoms in total. The summed E-state index contributed by atoms with van der Waals surface area (Å²) >= 11 is 0. The minimum atomic E-state index is -4.27. The number of amides is 8. The van der Waals surface area contributed by atoms with Crippen molar-refractivity contribution >= 4 is 69.3 Å². The third kappa shape index (κ3) is 8.93. The van der Waals surface area contributed by atoms with Crippen LogP contribution in [0.3, 0.4) is 0 Å². The van der Waals surface area contributed by atoms with Crippen LogP contribution < -0.4 is 0 Å². The van der Waals surface area contributed by atoms with Crippen molar-refractivity contribution in [1.29, 1.82) is 0 Å². The van der Waals surface area contributed by atoms with E-state index >= 15 is 0 Å². The number of hydrogen-bond donors (Lipinski definition) is 0. The van der Waals surface area contributed by atoms with Gasteiger partial charge in [-0.1, -0.05) is 0 Å². The van der Waals surface area contributed by atoms with E-state index in [9.17, 15) is 56.4 Å². The van der Waals surface area contributed by atoms with Crippen LogP contribution in [0.15, 0.2) is 24.3 Å². The molecule has 53 heavy (non-hydrogen) atoms. The van der Waals surface area contributed by atoms with Gasteiger partial charge in [-0.25, -0.2) is 9.59 Å². The van der Waals surface area contributed by atoms with E-state index in [4.69, 9.17) is 9.68 Å². The molecular formula is C33H38N4O15S. The lowest BCUT2D eigenvalue weighted by molar-refractivity contribution is -0.201. The third-order valence-corrected chi connectivity index (χ3v) is 11.6. The van der Waals surface area contributed by atoms with Crippen molar-refractivity contribution in [2.24, 2.45) is 23.7 Å². The zero-order valence-electron chi connectivity index (χ0n) is 28.7. The highest BCUT2D eigenvalue weighted by atomic mass is 32.2. The van der Waals surface area contributed by atoms with Gasteiger partial charge in [-0.15, -0.1) is 10.1 Å².